The fourth-order valence-corrected chi connectivity index (χ4v) is 0.507. The Labute approximate surface area is 56.0 Å². The lowest BCUT2D eigenvalue weighted by Gasteiger charge is -2.12. The standard InChI is InChI=1S/C6H15NO2/c1-3-5-9-6(4-2)7-8/h6-8H,3-5H2,1-2H3. The Morgan fingerprint density at radius 2 is 2.22 bits per heavy atom. The van der Waals surface area contributed by atoms with Crippen LogP contribution in [0.5, 0.6) is 0 Å². The van der Waals surface area contributed by atoms with Gasteiger partial charge in [0.15, 0.2) is 0 Å². The van der Waals surface area contributed by atoms with Crippen LogP contribution < -0.4 is 5.48 Å². The highest BCUT2D eigenvalue weighted by Crippen LogP contribution is 1.92. The summed E-state index contributed by atoms with van der Waals surface area (Å²) >= 11 is 0. The van der Waals surface area contributed by atoms with E-state index < -0.39 is 0 Å². The van der Waals surface area contributed by atoms with Gasteiger partial charge in [-0.15, -0.1) is 0 Å². The Kier molecular flexibility index (Phi) is 5.93. The lowest BCUT2D eigenvalue weighted by molar-refractivity contribution is -0.0531. The van der Waals surface area contributed by atoms with Crippen LogP contribution in [-0.4, -0.2) is 18.0 Å². The number of hydrogen-bond donors (Lipinski definition) is 2. The predicted molar refractivity (Wildman–Crippen MR) is 35.2 cm³/mol. The molecule has 2 N–H and O–H groups in total. The van der Waals surface area contributed by atoms with Gasteiger partial charge in [-0.3, -0.25) is 0 Å². The molecular formula is C6H15NO2. The highest BCUT2D eigenvalue weighted by Gasteiger charge is 2.00. The first-order chi connectivity index (χ1) is 4.35. The van der Waals surface area contributed by atoms with Crippen LogP contribution >= 0.6 is 0 Å². The van der Waals surface area contributed by atoms with Gasteiger partial charge in [-0.25, -0.2) is 0 Å². The molecule has 0 aromatic carbocycles. The van der Waals surface area contributed by atoms with Gasteiger partial charge in [0.2, 0.25) is 0 Å². The van der Waals surface area contributed by atoms with Crippen molar-refractivity contribution in [1.29, 1.82) is 0 Å². The van der Waals surface area contributed by atoms with E-state index in [1.54, 1.807) is 0 Å². The van der Waals surface area contributed by atoms with Crippen molar-refractivity contribution < 1.29 is 9.94 Å². The average molecular weight is 133 g/mol. The SMILES string of the molecule is CCCOC(CC)NO. The van der Waals surface area contributed by atoms with E-state index in [-0.39, 0.29) is 6.23 Å². The summed E-state index contributed by atoms with van der Waals surface area (Å²) in [6.45, 7) is 4.68. The molecule has 0 aliphatic heterocycles. The Balaban J connectivity index is 3.09. The van der Waals surface area contributed by atoms with Crippen LogP contribution in [0.15, 0.2) is 0 Å². The normalized spacial score (nSPS) is 13.7. The van der Waals surface area contributed by atoms with Gasteiger partial charge in [0, 0.05) is 6.61 Å². The van der Waals surface area contributed by atoms with Crippen LogP contribution in [0.25, 0.3) is 0 Å². The van der Waals surface area contributed by atoms with Gasteiger partial charge >= 0.3 is 0 Å². The van der Waals surface area contributed by atoms with E-state index in [1.807, 2.05) is 13.8 Å². The van der Waals surface area contributed by atoms with Crippen LogP contribution in [0.1, 0.15) is 26.7 Å². The molecule has 0 amide bonds. The summed E-state index contributed by atoms with van der Waals surface area (Å²) in [4.78, 5) is 0. The van der Waals surface area contributed by atoms with Crippen LogP contribution in [0.2, 0.25) is 0 Å². The molecule has 0 fully saturated rings. The summed E-state index contributed by atoms with van der Waals surface area (Å²) in [6, 6.07) is 0. The minimum Gasteiger partial charge on any atom is -0.361 e. The number of hydrogen-bond acceptors (Lipinski definition) is 3. The maximum absolute atomic E-state index is 8.38. The summed E-state index contributed by atoms with van der Waals surface area (Å²) < 4.78 is 5.13. The third-order valence-corrected chi connectivity index (χ3v) is 1.04. The molecule has 0 heterocycles. The summed E-state index contributed by atoms with van der Waals surface area (Å²) in [7, 11) is 0. The Morgan fingerprint density at radius 1 is 1.56 bits per heavy atom. The van der Waals surface area contributed by atoms with Crippen molar-refractivity contribution >= 4 is 0 Å². The number of ether oxygens (including phenoxy) is 1. The van der Waals surface area contributed by atoms with Crippen molar-refractivity contribution in [3.05, 3.63) is 0 Å². The van der Waals surface area contributed by atoms with E-state index in [4.69, 9.17) is 9.94 Å². The van der Waals surface area contributed by atoms with Gasteiger partial charge in [-0.2, -0.15) is 5.48 Å². The first kappa shape index (κ1) is 8.88. The smallest absolute Gasteiger partial charge is 0.129 e. The highest BCUT2D eigenvalue weighted by molar-refractivity contribution is 4.41. The molecule has 1 unspecified atom stereocenters. The molecule has 3 nitrogen and oxygen atoms in total. The van der Waals surface area contributed by atoms with Gasteiger partial charge in [-0.05, 0) is 12.8 Å². The van der Waals surface area contributed by atoms with Crippen LogP contribution in [0.3, 0.4) is 0 Å². The van der Waals surface area contributed by atoms with E-state index in [1.165, 1.54) is 0 Å². The molecule has 56 valence electrons. The number of hydroxylamine groups is 1. The third kappa shape index (κ3) is 4.39. The van der Waals surface area contributed by atoms with Gasteiger partial charge < -0.3 is 9.94 Å². The van der Waals surface area contributed by atoms with E-state index in [0.29, 0.717) is 6.61 Å². The maximum atomic E-state index is 8.38. The molecule has 0 saturated carbocycles. The lowest BCUT2D eigenvalue weighted by atomic mass is 10.4. The summed E-state index contributed by atoms with van der Waals surface area (Å²) in [6.07, 6.45) is 1.58. The summed E-state index contributed by atoms with van der Waals surface area (Å²) in [5.41, 5.74) is 2.06. The molecule has 0 rings (SSSR count). The van der Waals surface area contributed by atoms with Gasteiger partial charge in [0.05, 0.1) is 0 Å². The summed E-state index contributed by atoms with van der Waals surface area (Å²) in [5, 5.41) is 8.38. The zero-order valence-electron chi connectivity index (χ0n) is 6.05. The van der Waals surface area contributed by atoms with Crippen molar-refractivity contribution in [1.82, 2.24) is 5.48 Å². The van der Waals surface area contributed by atoms with Gasteiger partial charge in [0.25, 0.3) is 0 Å². The minimum absolute atomic E-state index is 0.190. The van der Waals surface area contributed by atoms with Crippen LogP contribution in [0.4, 0.5) is 0 Å². The molecule has 0 aliphatic rings. The highest BCUT2D eigenvalue weighted by atomic mass is 16.6. The average Bonchev–Trinajstić information content (AvgIpc) is 1.91. The molecule has 0 aliphatic carbocycles. The molecule has 0 aromatic rings. The molecule has 0 radical (unpaired) electrons. The predicted octanol–water partition coefficient (Wildman–Crippen LogP) is 1.13. The maximum Gasteiger partial charge on any atom is 0.129 e. The first-order valence-electron chi connectivity index (χ1n) is 3.36. The van der Waals surface area contributed by atoms with Crippen molar-refractivity contribution in [3.63, 3.8) is 0 Å². The largest absolute Gasteiger partial charge is 0.361 e. The van der Waals surface area contributed by atoms with E-state index >= 15 is 0 Å². The molecule has 0 bridgehead atoms. The van der Waals surface area contributed by atoms with E-state index in [0.717, 1.165) is 12.8 Å². The minimum atomic E-state index is -0.190. The topological polar surface area (TPSA) is 41.5 Å². The number of nitrogens with one attached hydrogen (secondary N) is 1. The first-order valence-corrected chi connectivity index (χ1v) is 3.36. The van der Waals surface area contributed by atoms with Crippen molar-refractivity contribution in [2.24, 2.45) is 0 Å². The second kappa shape index (κ2) is 6.01. The lowest BCUT2D eigenvalue weighted by Crippen LogP contribution is -2.28. The zero-order chi connectivity index (χ0) is 7.11. The third-order valence-electron chi connectivity index (χ3n) is 1.04. The molecule has 0 aromatic heterocycles. The Morgan fingerprint density at radius 3 is 2.56 bits per heavy atom. The molecule has 1 atom stereocenters. The second-order valence-electron chi connectivity index (χ2n) is 1.90. The molecular weight excluding hydrogens is 118 g/mol. The molecule has 0 saturated heterocycles. The van der Waals surface area contributed by atoms with E-state index in [2.05, 4.69) is 5.48 Å². The second-order valence-corrected chi connectivity index (χ2v) is 1.90. The van der Waals surface area contributed by atoms with Crippen LogP contribution in [0, 0.1) is 0 Å². The molecule has 9 heavy (non-hydrogen) atoms. The van der Waals surface area contributed by atoms with Gasteiger partial charge in [-0.1, -0.05) is 13.8 Å². The number of rotatable bonds is 5. The monoisotopic (exact) mass is 133 g/mol. The zero-order valence-corrected chi connectivity index (χ0v) is 6.05. The van der Waals surface area contributed by atoms with Crippen molar-refractivity contribution in [3.8, 4) is 0 Å². The fourth-order valence-electron chi connectivity index (χ4n) is 0.507. The molecule has 0 spiro atoms. The quantitative estimate of drug-likeness (QED) is 0.436. The van der Waals surface area contributed by atoms with Crippen molar-refractivity contribution in [2.75, 3.05) is 6.61 Å². The fraction of sp³-hybridized carbons (Fsp3) is 1.00. The van der Waals surface area contributed by atoms with E-state index in [9.17, 15) is 0 Å². The van der Waals surface area contributed by atoms with Gasteiger partial charge in [0.1, 0.15) is 6.23 Å². The Bertz CT molecular complexity index is 55.0. The molecule has 3 heteroatoms. The Hall–Kier alpha value is -0.120. The summed E-state index contributed by atoms with van der Waals surface area (Å²) in [5.74, 6) is 0. The van der Waals surface area contributed by atoms with Crippen molar-refractivity contribution in [2.45, 2.75) is 32.9 Å². The van der Waals surface area contributed by atoms with Crippen LogP contribution in [-0.2, 0) is 4.74 Å².